The summed E-state index contributed by atoms with van der Waals surface area (Å²) in [7, 11) is 0. The van der Waals surface area contributed by atoms with Crippen molar-refractivity contribution in [2.24, 2.45) is 17.1 Å². The maximum atomic E-state index is 12.1. The van der Waals surface area contributed by atoms with E-state index in [9.17, 15) is 14.4 Å². The highest BCUT2D eigenvalue weighted by Gasteiger charge is 2.40. The van der Waals surface area contributed by atoms with Crippen molar-refractivity contribution in [3.63, 3.8) is 0 Å². The fraction of sp³-hybridized carbons (Fsp3) is 0.769. The van der Waals surface area contributed by atoms with E-state index in [1.807, 2.05) is 13.8 Å². The number of carboxylic acids is 1. The molecule has 1 aliphatic rings. The highest BCUT2D eigenvalue weighted by Crippen LogP contribution is 2.42. The maximum absolute atomic E-state index is 12.1. The molecule has 0 aromatic heterocycles. The minimum absolute atomic E-state index is 0.0313. The van der Waals surface area contributed by atoms with Crippen LogP contribution >= 0.6 is 0 Å². The Kier molecular flexibility index (Phi) is 4.91. The van der Waals surface area contributed by atoms with Crippen LogP contribution < -0.4 is 11.1 Å². The normalized spacial score (nSPS) is 22.7. The molecule has 1 rings (SSSR count). The van der Waals surface area contributed by atoms with E-state index in [1.165, 1.54) is 0 Å². The Bertz CT molecular complexity index is 379. The number of carbonyl (C=O) groups excluding carboxylic acids is 2. The average Bonchev–Trinajstić information content (AvgIpc) is 2.63. The molecule has 0 saturated heterocycles. The summed E-state index contributed by atoms with van der Waals surface area (Å²) in [4.78, 5) is 33.9. The van der Waals surface area contributed by atoms with Crippen LogP contribution in [0.4, 0.5) is 0 Å². The average molecular weight is 270 g/mol. The molecule has 0 spiro atoms. The number of carbonyl (C=O) groups is 3. The molecule has 0 aromatic rings. The van der Waals surface area contributed by atoms with Gasteiger partial charge >= 0.3 is 5.97 Å². The third-order valence-electron chi connectivity index (χ3n) is 3.87. The minimum atomic E-state index is -1.13. The number of nitrogens with one attached hydrogen (secondary N) is 1. The van der Waals surface area contributed by atoms with Gasteiger partial charge < -0.3 is 16.2 Å². The number of carboxylic acid groups (broad SMARTS) is 1. The Morgan fingerprint density at radius 1 is 1.42 bits per heavy atom. The molecule has 1 aliphatic carbocycles. The second-order valence-electron chi connectivity index (χ2n) is 5.84. The first-order chi connectivity index (χ1) is 8.74. The summed E-state index contributed by atoms with van der Waals surface area (Å²) >= 11 is 0. The quantitative estimate of drug-likeness (QED) is 0.658. The number of hydrogen-bond donors (Lipinski definition) is 3. The van der Waals surface area contributed by atoms with Gasteiger partial charge in [0.25, 0.3) is 0 Å². The van der Waals surface area contributed by atoms with Crippen LogP contribution in [-0.4, -0.2) is 28.9 Å². The molecule has 1 unspecified atom stereocenters. The summed E-state index contributed by atoms with van der Waals surface area (Å²) in [5.74, 6) is -2.10. The van der Waals surface area contributed by atoms with Crippen molar-refractivity contribution in [2.75, 3.05) is 0 Å². The van der Waals surface area contributed by atoms with Crippen LogP contribution in [-0.2, 0) is 14.4 Å². The summed E-state index contributed by atoms with van der Waals surface area (Å²) in [5, 5.41) is 11.6. The fourth-order valence-corrected chi connectivity index (χ4v) is 2.63. The Balaban J connectivity index is 2.61. The van der Waals surface area contributed by atoms with Crippen molar-refractivity contribution in [3.8, 4) is 0 Å². The number of primary amides is 1. The van der Waals surface area contributed by atoms with Gasteiger partial charge in [0.2, 0.25) is 11.8 Å². The van der Waals surface area contributed by atoms with Crippen molar-refractivity contribution in [2.45, 2.75) is 52.0 Å². The summed E-state index contributed by atoms with van der Waals surface area (Å²) in [6.45, 7) is 4.03. The van der Waals surface area contributed by atoms with Crippen LogP contribution in [0.5, 0.6) is 0 Å². The summed E-state index contributed by atoms with van der Waals surface area (Å²) < 4.78 is 0. The molecule has 6 nitrogen and oxygen atoms in total. The van der Waals surface area contributed by atoms with Crippen molar-refractivity contribution < 1.29 is 19.5 Å². The SMILES string of the molecule is CC1(C)CCCC1C(=O)N[C@@H](CCC(N)=O)C(=O)O. The lowest BCUT2D eigenvalue weighted by Crippen LogP contribution is -2.46. The molecule has 0 radical (unpaired) electrons. The lowest BCUT2D eigenvalue weighted by atomic mass is 9.81. The van der Waals surface area contributed by atoms with E-state index in [-0.39, 0.29) is 30.1 Å². The van der Waals surface area contributed by atoms with Crippen LogP contribution in [0, 0.1) is 11.3 Å². The predicted octanol–water partition coefficient (Wildman–Crippen LogP) is 0.648. The summed E-state index contributed by atoms with van der Waals surface area (Å²) in [6, 6.07) is -1.05. The van der Waals surface area contributed by atoms with E-state index in [4.69, 9.17) is 10.8 Å². The Morgan fingerprint density at radius 2 is 2.05 bits per heavy atom. The molecular weight excluding hydrogens is 248 g/mol. The van der Waals surface area contributed by atoms with Gasteiger partial charge in [0, 0.05) is 12.3 Å². The topological polar surface area (TPSA) is 109 Å². The first-order valence-electron chi connectivity index (χ1n) is 6.55. The van der Waals surface area contributed by atoms with E-state index in [2.05, 4.69) is 5.32 Å². The monoisotopic (exact) mass is 270 g/mol. The molecule has 1 fully saturated rings. The van der Waals surface area contributed by atoms with Crippen LogP contribution in [0.3, 0.4) is 0 Å². The van der Waals surface area contributed by atoms with Crippen molar-refractivity contribution in [1.29, 1.82) is 0 Å². The van der Waals surface area contributed by atoms with Crippen molar-refractivity contribution >= 4 is 17.8 Å². The van der Waals surface area contributed by atoms with E-state index in [0.29, 0.717) is 0 Å². The molecule has 4 N–H and O–H groups in total. The van der Waals surface area contributed by atoms with Gasteiger partial charge in [-0.3, -0.25) is 9.59 Å². The van der Waals surface area contributed by atoms with E-state index < -0.39 is 17.9 Å². The molecule has 108 valence electrons. The first kappa shape index (κ1) is 15.5. The number of nitrogens with two attached hydrogens (primary N) is 1. The maximum Gasteiger partial charge on any atom is 0.326 e. The molecule has 0 heterocycles. The van der Waals surface area contributed by atoms with Crippen LogP contribution in [0.25, 0.3) is 0 Å². The zero-order valence-corrected chi connectivity index (χ0v) is 11.4. The van der Waals surface area contributed by atoms with Gasteiger partial charge in [0.1, 0.15) is 6.04 Å². The Labute approximate surface area is 112 Å². The van der Waals surface area contributed by atoms with Gasteiger partial charge in [0.15, 0.2) is 0 Å². The summed E-state index contributed by atoms with van der Waals surface area (Å²) in [5.41, 5.74) is 4.89. The number of hydrogen-bond acceptors (Lipinski definition) is 3. The number of amides is 2. The molecule has 0 aromatic carbocycles. The molecule has 6 heteroatoms. The van der Waals surface area contributed by atoms with E-state index in [1.54, 1.807) is 0 Å². The molecule has 19 heavy (non-hydrogen) atoms. The predicted molar refractivity (Wildman–Crippen MR) is 69.1 cm³/mol. The van der Waals surface area contributed by atoms with Crippen molar-refractivity contribution in [3.05, 3.63) is 0 Å². The van der Waals surface area contributed by atoms with Gasteiger partial charge in [-0.25, -0.2) is 4.79 Å². The van der Waals surface area contributed by atoms with E-state index >= 15 is 0 Å². The lowest BCUT2D eigenvalue weighted by Gasteiger charge is -2.27. The van der Waals surface area contributed by atoms with Gasteiger partial charge in [-0.15, -0.1) is 0 Å². The summed E-state index contributed by atoms with van der Waals surface area (Å²) in [6.07, 6.45) is 2.70. The molecule has 1 saturated carbocycles. The highest BCUT2D eigenvalue weighted by atomic mass is 16.4. The van der Waals surface area contributed by atoms with E-state index in [0.717, 1.165) is 19.3 Å². The van der Waals surface area contributed by atoms with Crippen LogP contribution in [0.15, 0.2) is 0 Å². The number of rotatable bonds is 6. The Morgan fingerprint density at radius 3 is 2.47 bits per heavy atom. The zero-order valence-electron chi connectivity index (χ0n) is 11.4. The van der Waals surface area contributed by atoms with Gasteiger partial charge in [-0.2, -0.15) is 0 Å². The molecule has 0 bridgehead atoms. The fourth-order valence-electron chi connectivity index (χ4n) is 2.63. The first-order valence-corrected chi connectivity index (χ1v) is 6.55. The van der Waals surface area contributed by atoms with Crippen molar-refractivity contribution in [1.82, 2.24) is 5.32 Å². The second-order valence-corrected chi connectivity index (χ2v) is 5.84. The molecule has 2 atom stereocenters. The molecular formula is C13H22N2O4. The smallest absolute Gasteiger partial charge is 0.326 e. The third-order valence-corrected chi connectivity index (χ3v) is 3.87. The zero-order chi connectivity index (χ0) is 14.6. The Hall–Kier alpha value is -1.59. The molecule has 2 amide bonds. The van der Waals surface area contributed by atoms with Gasteiger partial charge in [-0.1, -0.05) is 20.3 Å². The molecule has 0 aliphatic heterocycles. The number of aliphatic carboxylic acids is 1. The lowest BCUT2D eigenvalue weighted by molar-refractivity contribution is -0.143. The minimum Gasteiger partial charge on any atom is -0.480 e. The standard InChI is InChI=1S/C13H22N2O4/c1-13(2)7-3-4-8(13)11(17)15-9(12(18)19)5-6-10(14)16/h8-9H,3-7H2,1-2H3,(H2,14,16)(H,15,17)(H,18,19)/t8?,9-/m0/s1. The largest absolute Gasteiger partial charge is 0.480 e. The van der Waals surface area contributed by atoms with Gasteiger partial charge in [0.05, 0.1) is 0 Å². The van der Waals surface area contributed by atoms with Crippen LogP contribution in [0.1, 0.15) is 46.0 Å². The van der Waals surface area contributed by atoms with Crippen LogP contribution in [0.2, 0.25) is 0 Å². The second kappa shape index (κ2) is 6.04. The third kappa shape index (κ3) is 4.22. The highest BCUT2D eigenvalue weighted by molar-refractivity contribution is 5.86. The van der Waals surface area contributed by atoms with Gasteiger partial charge in [-0.05, 0) is 24.7 Å².